The zero-order valence-electron chi connectivity index (χ0n) is 15.4. The number of aliphatic hydroxyl groups is 1. The molecule has 1 aromatic rings. The Morgan fingerprint density at radius 3 is 2.48 bits per heavy atom. The summed E-state index contributed by atoms with van der Waals surface area (Å²) in [6.45, 7) is 7.05. The van der Waals surface area contributed by atoms with E-state index < -0.39 is 5.60 Å². The third-order valence-electron chi connectivity index (χ3n) is 4.41. The fourth-order valence-electron chi connectivity index (χ4n) is 2.84. The van der Waals surface area contributed by atoms with Gasteiger partial charge in [-0.1, -0.05) is 36.0 Å². The van der Waals surface area contributed by atoms with Crippen LogP contribution in [0.5, 0.6) is 0 Å². The van der Waals surface area contributed by atoms with Gasteiger partial charge in [0.2, 0.25) is 0 Å². The number of benzene rings is 1. The van der Waals surface area contributed by atoms with E-state index in [1.165, 1.54) is 4.90 Å². The summed E-state index contributed by atoms with van der Waals surface area (Å²) < 4.78 is 5.43. The number of aliphatic hydroxyl groups excluding tert-OH is 1. The van der Waals surface area contributed by atoms with E-state index in [4.69, 9.17) is 4.74 Å². The fourth-order valence-corrected chi connectivity index (χ4v) is 3.50. The molecular weight excluding hydrogens is 334 g/mol. The van der Waals surface area contributed by atoms with Crippen molar-refractivity contribution in [1.82, 2.24) is 4.90 Å². The Morgan fingerprint density at radius 1 is 1.28 bits per heavy atom. The summed E-state index contributed by atoms with van der Waals surface area (Å²) in [5, 5.41) is 12.0. The van der Waals surface area contributed by atoms with E-state index in [1.54, 1.807) is 16.7 Å². The van der Waals surface area contributed by atoms with Crippen LogP contribution in [0.1, 0.15) is 40.0 Å². The number of ether oxygens (including phenoxy) is 1. The summed E-state index contributed by atoms with van der Waals surface area (Å²) in [6.07, 6.45) is 4.29. The van der Waals surface area contributed by atoms with Crippen molar-refractivity contribution in [2.75, 3.05) is 19.7 Å². The quantitative estimate of drug-likeness (QED) is 0.771. The van der Waals surface area contributed by atoms with Crippen LogP contribution >= 0.6 is 11.8 Å². The molecule has 0 atom stereocenters. The number of amides is 1. The van der Waals surface area contributed by atoms with Gasteiger partial charge in [0.25, 0.3) is 0 Å². The molecule has 5 heteroatoms. The van der Waals surface area contributed by atoms with Gasteiger partial charge in [-0.2, -0.15) is 0 Å². The largest absolute Gasteiger partial charge is 0.444 e. The molecule has 1 fully saturated rings. The first kappa shape index (κ1) is 19.9. The highest BCUT2D eigenvalue weighted by molar-refractivity contribution is 8.02. The summed E-state index contributed by atoms with van der Waals surface area (Å²) >= 11 is 1.68. The minimum Gasteiger partial charge on any atom is -0.444 e. The molecule has 0 saturated carbocycles. The van der Waals surface area contributed by atoms with E-state index >= 15 is 0 Å². The lowest BCUT2D eigenvalue weighted by atomic mass is 9.76. The highest BCUT2D eigenvalue weighted by atomic mass is 32.2. The molecule has 4 nitrogen and oxygen atoms in total. The minimum atomic E-state index is -0.472. The number of carbonyl (C=O) groups excluding carboxylic acids is 1. The van der Waals surface area contributed by atoms with Crippen LogP contribution < -0.4 is 0 Å². The van der Waals surface area contributed by atoms with Gasteiger partial charge >= 0.3 is 6.09 Å². The smallest absolute Gasteiger partial charge is 0.410 e. The maximum Gasteiger partial charge on any atom is 0.410 e. The molecular formula is C20H29NO3S. The van der Waals surface area contributed by atoms with E-state index in [0.717, 1.165) is 19.3 Å². The Hall–Kier alpha value is -1.46. The van der Waals surface area contributed by atoms with E-state index in [9.17, 15) is 9.90 Å². The highest BCUT2D eigenvalue weighted by Gasteiger charge is 2.35. The molecule has 25 heavy (non-hydrogen) atoms. The second-order valence-electron chi connectivity index (χ2n) is 7.63. The molecule has 0 radical (unpaired) electrons. The number of hydrogen-bond acceptors (Lipinski definition) is 4. The lowest BCUT2D eigenvalue weighted by Crippen LogP contribution is -2.46. The first-order chi connectivity index (χ1) is 11.8. The van der Waals surface area contributed by atoms with E-state index in [-0.39, 0.29) is 18.1 Å². The maximum absolute atomic E-state index is 12.2. The van der Waals surface area contributed by atoms with Crippen LogP contribution in [0, 0.1) is 5.41 Å². The predicted molar refractivity (Wildman–Crippen MR) is 103 cm³/mol. The Balaban J connectivity index is 1.83. The molecule has 1 amide bonds. The topological polar surface area (TPSA) is 49.8 Å². The third kappa shape index (κ3) is 6.40. The van der Waals surface area contributed by atoms with Crippen LogP contribution in [-0.2, 0) is 4.74 Å². The summed E-state index contributed by atoms with van der Waals surface area (Å²) in [4.78, 5) is 15.1. The number of allylic oxidation sites excluding steroid dienone is 1. The van der Waals surface area contributed by atoms with Crippen molar-refractivity contribution < 1.29 is 14.6 Å². The molecule has 0 aromatic heterocycles. The molecule has 1 N–H and O–H groups in total. The number of carbonyl (C=O) groups is 1. The van der Waals surface area contributed by atoms with Crippen LogP contribution in [0.4, 0.5) is 4.79 Å². The standard InChI is InChI=1S/C20H29NO3S/c1-19(2,3)24-18(23)21-13-11-20(16-22,12-14-21)10-7-15-25-17-8-5-4-6-9-17/h4-9,15,22H,10-14,16H2,1-3H3/b15-7-. The minimum absolute atomic E-state index is 0.133. The lowest BCUT2D eigenvalue weighted by molar-refractivity contribution is 0.000442. The Bertz CT molecular complexity index is 572. The molecule has 0 spiro atoms. The second kappa shape index (κ2) is 8.77. The fraction of sp³-hybridized carbons (Fsp3) is 0.550. The maximum atomic E-state index is 12.2. The number of piperidine rings is 1. The molecule has 1 aliphatic heterocycles. The van der Waals surface area contributed by atoms with Gasteiger partial charge in [0.1, 0.15) is 5.60 Å². The second-order valence-corrected chi connectivity index (χ2v) is 8.61. The molecule has 138 valence electrons. The van der Waals surface area contributed by atoms with Crippen LogP contribution in [0.3, 0.4) is 0 Å². The summed E-state index contributed by atoms with van der Waals surface area (Å²) in [7, 11) is 0. The van der Waals surface area contributed by atoms with Crippen molar-refractivity contribution in [3.63, 3.8) is 0 Å². The number of likely N-dealkylation sites (tertiary alicyclic amines) is 1. The molecule has 0 bridgehead atoms. The van der Waals surface area contributed by atoms with Crippen molar-refractivity contribution in [3.05, 3.63) is 41.8 Å². The van der Waals surface area contributed by atoms with Crippen molar-refractivity contribution in [2.45, 2.75) is 50.5 Å². The van der Waals surface area contributed by atoms with E-state index in [1.807, 2.05) is 39.0 Å². The van der Waals surface area contributed by atoms with Gasteiger partial charge in [-0.15, -0.1) is 0 Å². The number of hydrogen-bond donors (Lipinski definition) is 1. The summed E-state index contributed by atoms with van der Waals surface area (Å²) in [5.74, 6) is 0. The molecule has 0 aliphatic carbocycles. The van der Waals surface area contributed by atoms with Gasteiger partial charge in [0.15, 0.2) is 0 Å². The molecule has 1 saturated heterocycles. The van der Waals surface area contributed by atoms with E-state index in [0.29, 0.717) is 13.1 Å². The summed E-state index contributed by atoms with van der Waals surface area (Å²) in [5.41, 5.74) is -0.605. The highest BCUT2D eigenvalue weighted by Crippen LogP contribution is 2.36. The van der Waals surface area contributed by atoms with Gasteiger partial charge in [-0.05, 0) is 57.6 Å². The molecule has 1 aliphatic rings. The third-order valence-corrected chi connectivity index (χ3v) is 5.28. The number of rotatable bonds is 5. The van der Waals surface area contributed by atoms with Crippen molar-refractivity contribution in [3.8, 4) is 0 Å². The lowest BCUT2D eigenvalue weighted by Gasteiger charge is -2.40. The van der Waals surface area contributed by atoms with Crippen molar-refractivity contribution in [1.29, 1.82) is 0 Å². The van der Waals surface area contributed by atoms with Crippen molar-refractivity contribution in [2.24, 2.45) is 5.41 Å². The Kier molecular flexibility index (Phi) is 6.96. The first-order valence-corrected chi connectivity index (χ1v) is 9.67. The number of nitrogens with zero attached hydrogens (tertiary/aromatic N) is 1. The van der Waals surface area contributed by atoms with Crippen molar-refractivity contribution >= 4 is 17.9 Å². The monoisotopic (exact) mass is 363 g/mol. The van der Waals surface area contributed by atoms with E-state index in [2.05, 4.69) is 23.6 Å². The average molecular weight is 364 g/mol. The van der Waals surface area contributed by atoms with Gasteiger partial charge in [-0.25, -0.2) is 4.79 Å². The zero-order chi connectivity index (χ0) is 18.3. The SMILES string of the molecule is CC(C)(C)OC(=O)N1CCC(CO)(C/C=C\Sc2ccccc2)CC1. The van der Waals surface area contributed by atoms with Gasteiger partial charge in [0, 0.05) is 30.0 Å². The first-order valence-electron chi connectivity index (χ1n) is 8.79. The molecule has 1 heterocycles. The molecule has 0 unspecified atom stereocenters. The van der Waals surface area contributed by atoms with Crippen LogP contribution in [0.25, 0.3) is 0 Å². The average Bonchev–Trinajstić information content (AvgIpc) is 2.59. The Labute approximate surface area is 155 Å². The molecule has 2 rings (SSSR count). The van der Waals surface area contributed by atoms with Gasteiger partial charge in [-0.3, -0.25) is 0 Å². The van der Waals surface area contributed by atoms with Gasteiger partial charge in [0.05, 0.1) is 0 Å². The molecule has 1 aromatic carbocycles. The zero-order valence-corrected chi connectivity index (χ0v) is 16.2. The number of thioether (sulfide) groups is 1. The van der Waals surface area contributed by atoms with Crippen LogP contribution in [0.2, 0.25) is 0 Å². The van der Waals surface area contributed by atoms with Crippen LogP contribution in [-0.4, -0.2) is 41.4 Å². The summed E-state index contributed by atoms with van der Waals surface area (Å²) in [6, 6.07) is 10.2. The predicted octanol–water partition coefficient (Wildman–Crippen LogP) is 4.69. The Morgan fingerprint density at radius 2 is 1.92 bits per heavy atom. The van der Waals surface area contributed by atoms with Gasteiger partial charge < -0.3 is 14.7 Å². The normalized spacial score (nSPS) is 17.7. The van der Waals surface area contributed by atoms with Crippen LogP contribution in [0.15, 0.2) is 46.7 Å².